The van der Waals surface area contributed by atoms with Gasteiger partial charge in [0.05, 0.1) is 11.9 Å². The van der Waals surface area contributed by atoms with E-state index in [1.807, 2.05) is 35.9 Å². The van der Waals surface area contributed by atoms with Gasteiger partial charge in [0.15, 0.2) is 5.96 Å². The third kappa shape index (κ3) is 4.59. The average Bonchev–Trinajstić information content (AvgIpc) is 3.05. The summed E-state index contributed by atoms with van der Waals surface area (Å²) in [5.74, 6) is 0.825. The van der Waals surface area contributed by atoms with Gasteiger partial charge in [-0.05, 0) is 44.7 Å². The number of aliphatic imine (C=N–C) groups is 1. The second kappa shape index (κ2) is 7.99. The SMILES string of the molecule is CN=C(NCCc1cnn(C)c1)NC(C)Cc1c(C)nn(C)c1C. The maximum Gasteiger partial charge on any atom is 0.191 e. The van der Waals surface area contributed by atoms with Gasteiger partial charge in [-0.1, -0.05) is 0 Å². The molecule has 2 aromatic rings. The Hall–Kier alpha value is -2.31. The number of hydrogen-bond donors (Lipinski definition) is 2. The van der Waals surface area contributed by atoms with E-state index in [2.05, 4.69) is 46.6 Å². The molecule has 0 radical (unpaired) electrons. The summed E-state index contributed by atoms with van der Waals surface area (Å²) in [6.07, 6.45) is 5.78. The molecule has 132 valence electrons. The Kier molecular flexibility index (Phi) is 6.00. The highest BCUT2D eigenvalue weighted by atomic mass is 15.3. The Morgan fingerprint density at radius 1 is 1.33 bits per heavy atom. The summed E-state index contributed by atoms with van der Waals surface area (Å²) in [6, 6.07) is 0.274. The van der Waals surface area contributed by atoms with Crippen LogP contribution in [0.1, 0.15) is 29.4 Å². The number of hydrogen-bond acceptors (Lipinski definition) is 3. The molecule has 1 unspecified atom stereocenters. The molecule has 2 aromatic heterocycles. The predicted octanol–water partition coefficient (Wildman–Crippen LogP) is 1.11. The molecule has 0 bridgehead atoms. The van der Waals surface area contributed by atoms with E-state index in [1.165, 1.54) is 16.8 Å². The molecule has 0 fully saturated rings. The average molecular weight is 331 g/mol. The van der Waals surface area contributed by atoms with E-state index in [0.29, 0.717) is 0 Å². The maximum atomic E-state index is 4.48. The first-order chi connectivity index (χ1) is 11.4. The summed E-state index contributed by atoms with van der Waals surface area (Å²) in [6.45, 7) is 7.17. The van der Waals surface area contributed by atoms with Crippen molar-refractivity contribution >= 4 is 5.96 Å². The van der Waals surface area contributed by atoms with Gasteiger partial charge in [-0.3, -0.25) is 14.4 Å². The molecular formula is C17H29N7. The van der Waals surface area contributed by atoms with E-state index < -0.39 is 0 Å². The quantitative estimate of drug-likeness (QED) is 0.614. The van der Waals surface area contributed by atoms with E-state index in [0.717, 1.165) is 31.0 Å². The molecule has 0 aliphatic rings. The molecule has 1 atom stereocenters. The normalized spacial score (nSPS) is 13.2. The lowest BCUT2D eigenvalue weighted by molar-refractivity contribution is 0.635. The maximum absolute atomic E-state index is 4.48. The summed E-state index contributed by atoms with van der Waals surface area (Å²) in [7, 11) is 5.72. The first-order valence-corrected chi connectivity index (χ1v) is 8.34. The Labute approximate surface area is 144 Å². The lowest BCUT2D eigenvalue weighted by Crippen LogP contribution is -2.43. The summed E-state index contributed by atoms with van der Waals surface area (Å²) in [4.78, 5) is 4.31. The van der Waals surface area contributed by atoms with Gasteiger partial charge in [0.25, 0.3) is 0 Å². The zero-order chi connectivity index (χ0) is 17.7. The molecule has 7 nitrogen and oxygen atoms in total. The molecular weight excluding hydrogens is 302 g/mol. The van der Waals surface area contributed by atoms with Gasteiger partial charge in [0, 0.05) is 45.6 Å². The largest absolute Gasteiger partial charge is 0.356 e. The van der Waals surface area contributed by atoms with Crippen LogP contribution in [-0.2, 0) is 26.9 Å². The monoisotopic (exact) mass is 331 g/mol. The summed E-state index contributed by atoms with van der Waals surface area (Å²) in [5.41, 5.74) is 4.85. The highest BCUT2D eigenvalue weighted by molar-refractivity contribution is 5.79. The van der Waals surface area contributed by atoms with Crippen molar-refractivity contribution in [1.82, 2.24) is 30.2 Å². The lowest BCUT2D eigenvalue weighted by atomic mass is 10.1. The number of aryl methyl sites for hydroxylation is 3. The first kappa shape index (κ1) is 18.0. The molecule has 0 aromatic carbocycles. The zero-order valence-corrected chi connectivity index (χ0v) is 15.6. The van der Waals surface area contributed by atoms with E-state index in [4.69, 9.17) is 0 Å². The molecule has 0 saturated carbocycles. The van der Waals surface area contributed by atoms with Gasteiger partial charge in [-0.25, -0.2) is 0 Å². The van der Waals surface area contributed by atoms with Gasteiger partial charge in [-0.15, -0.1) is 0 Å². The van der Waals surface area contributed by atoms with Crippen LogP contribution in [0, 0.1) is 13.8 Å². The van der Waals surface area contributed by atoms with E-state index in [9.17, 15) is 0 Å². The predicted molar refractivity (Wildman–Crippen MR) is 97.3 cm³/mol. The van der Waals surface area contributed by atoms with E-state index >= 15 is 0 Å². The molecule has 24 heavy (non-hydrogen) atoms. The van der Waals surface area contributed by atoms with Crippen molar-refractivity contribution in [1.29, 1.82) is 0 Å². The molecule has 7 heteroatoms. The second-order valence-corrected chi connectivity index (χ2v) is 6.29. The second-order valence-electron chi connectivity index (χ2n) is 6.29. The smallest absolute Gasteiger partial charge is 0.191 e. The van der Waals surface area contributed by atoms with E-state index in [-0.39, 0.29) is 6.04 Å². The third-order valence-corrected chi connectivity index (χ3v) is 4.24. The van der Waals surface area contributed by atoms with Gasteiger partial charge < -0.3 is 10.6 Å². The van der Waals surface area contributed by atoms with Crippen LogP contribution in [-0.4, -0.2) is 45.2 Å². The van der Waals surface area contributed by atoms with Crippen LogP contribution in [0.5, 0.6) is 0 Å². The van der Waals surface area contributed by atoms with Gasteiger partial charge in [-0.2, -0.15) is 10.2 Å². The molecule has 0 saturated heterocycles. The van der Waals surface area contributed by atoms with Crippen molar-refractivity contribution in [2.45, 2.75) is 39.7 Å². The van der Waals surface area contributed by atoms with Crippen LogP contribution in [0.25, 0.3) is 0 Å². The van der Waals surface area contributed by atoms with Crippen molar-refractivity contribution in [3.8, 4) is 0 Å². The molecule has 0 aliphatic heterocycles. The fraction of sp³-hybridized carbons (Fsp3) is 0.588. The first-order valence-electron chi connectivity index (χ1n) is 8.34. The highest BCUT2D eigenvalue weighted by Gasteiger charge is 2.13. The van der Waals surface area contributed by atoms with Crippen molar-refractivity contribution in [2.24, 2.45) is 19.1 Å². The molecule has 0 amide bonds. The number of rotatable bonds is 6. The molecule has 2 N–H and O–H groups in total. The fourth-order valence-corrected chi connectivity index (χ4v) is 2.82. The van der Waals surface area contributed by atoms with Crippen molar-refractivity contribution in [2.75, 3.05) is 13.6 Å². The Morgan fingerprint density at radius 3 is 2.62 bits per heavy atom. The summed E-state index contributed by atoms with van der Waals surface area (Å²) < 4.78 is 3.77. The van der Waals surface area contributed by atoms with Crippen LogP contribution in [0.15, 0.2) is 17.4 Å². The lowest BCUT2D eigenvalue weighted by Gasteiger charge is -2.18. The van der Waals surface area contributed by atoms with E-state index in [1.54, 1.807) is 7.05 Å². The molecule has 0 spiro atoms. The number of nitrogens with one attached hydrogen (secondary N) is 2. The van der Waals surface area contributed by atoms with Crippen LogP contribution in [0.4, 0.5) is 0 Å². The minimum Gasteiger partial charge on any atom is -0.356 e. The van der Waals surface area contributed by atoms with Gasteiger partial charge in [0.1, 0.15) is 0 Å². The number of aromatic nitrogens is 4. The van der Waals surface area contributed by atoms with Crippen molar-refractivity contribution < 1.29 is 0 Å². The zero-order valence-electron chi connectivity index (χ0n) is 15.6. The molecule has 2 heterocycles. The Balaban J connectivity index is 1.83. The minimum atomic E-state index is 0.274. The summed E-state index contributed by atoms with van der Waals surface area (Å²) in [5, 5.41) is 15.5. The van der Waals surface area contributed by atoms with Crippen LogP contribution >= 0.6 is 0 Å². The van der Waals surface area contributed by atoms with Gasteiger partial charge >= 0.3 is 0 Å². The molecule has 0 aliphatic carbocycles. The van der Waals surface area contributed by atoms with Crippen molar-refractivity contribution in [3.63, 3.8) is 0 Å². The van der Waals surface area contributed by atoms with Crippen LogP contribution in [0.3, 0.4) is 0 Å². The topological polar surface area (TPSA) is 72.1 Å². The fourth-order valence-electron chi connectivity index (χ4n) is 2.82. The standard InChI is InChI=1S/C17H29N7/c1-12(9-16-13(2)22-24(6)14(16)3)21-17(18-4)19-8-7-15-10-20-23(5)11-15/h10-12H,7-9H2,1-6H3,(H2,18,19,21). The van der Waals surface area contributed by atoms with Crippen LogP contribution < -0.4 is 10.6 Å². The Morgan fingerprint density at radius 2 is 2.08 bits per heavy atom. The third-order valence-electron chi connectivity index (χ3n) is 4.24. The van der Waals surface area contributed by atoms with Crippen LogP contribution in [0.2, 0.25) is 0 Å². The Bertz CT molecular complexity index is 696. The van der Waals surface area contributed by atoms with Crippen molar-refractivity contribution in [3.05, 3.63) is 34.9 Å². The van der Waals surface area contributed by atoms with Gasteiger partial charge in [0.2, 0.25) is 0 Å². The summed E-state index contributed by atoms with van der Waals surface area (Å²) >= 11 is 0. The number of guanidine groups is 1. The number of nitrogens with zero attached hydrogens (tertiary/aromatic N) is 5. The minimum absolute atomic E-state index is 0.274. The highest BCUT2D eigenvalue weighted by Crippen LogP contribution is 2.14. The molecule has 2 rings (SSSR count).